The smallest absolute Gasteiger partial charge is 0.215 e. The van der Waals surface area contributed by atoms with Crippen molar-refractivity contribution in [1.82, 2.24) is 0 Å². The molecule has 0 spiro atoms. The zero-order valence-electron chi connectivity index (χ0n) is 15.9. The molecule has 0 bridgehead atoms. The fourth-order valence-corrected chi connectivity index (χ4v) is 2.94. The van der Waals surface area contributed by atoms with Crippen molar-refractivity contribution in [3.8, 4) is 11.1 Å². The molecule has 2 aromatic carbocycles. The van der Waals surface area contributed by atoms with Gasteiger partial charge in [-0.05, 0) is 34.4 Å². The third kappa shape index (κ3) is 5.70. The van der Waals surface area contributed by atoms with Crippen molar-refractivity contribution in [3.63, 3.8) is 0 Å². The summed E-state index contributed by atoms with van der Waals surface area (Å²) < 4.78 is 184. The first-order valence-corrected chi connectivity index (χ1v) is 8.51. The predicted octanol–water partition coefficient (Wildman–Crippen LogP) is 9.14. The van der Waals surface area contributed by atoms with Crippen LogP contribution < -0.4 is 0 Å². The van der Waals surface area contributed by atoms with Crippen LogP contribution in [0.4, 0.5) is 61.5 Å². The van der Waals surface area contributed by atoms with Crippen molar-refractivity contribution < 1.29 is 61.5 Å². The number of alkyl halides is 12. The molecule has 0 aliphatic carbocycles. The molecule has 0 N–H and O–H groups in total. The molecule has 0 radical (unpaired) electrons. The SMILES string of the molecule is FC=C(c1ccc(-c2ccc(C(=CF)C(F)(F)F)cc2C(F)(F)F)c(C(F)(F)F)c1)C(F)(F)F. The lowest BCUT2D eigenvalue weighted by atomic mass is 9.90. The van der Waals surface area contributed by atoms with E-state index in [1.807, 2.05) is 0 Å². The second-order valence-corrected chi connectivity index (χ2v) is 6.56. The van der Waals surface area contributed by atoms with E-state index in [4.69, 9.17) is 0 Å². The lowest BCUT2D eigenvalue weighted by molar-refractivity contribution is -0.139. The molecular formula is C20H8F14. The predicted molar refractivity (Wildman–Crippen MR) is 92.2 cm³/mol. The molecule has 0 nitrogen and oxygen atoms in total. The van der Waals surface area contributed by atoms with Crippen molar-refractivity contribution in [2.45, 2.75) is 24.7 Å². The highest BCUT2D eigenvalue weighted by Gasteiger charge is 2.42. The third-order valence-corrected chi connectivity index (χ3v) is 4.39. The van der Waals surface area contributed by atoms with Gasteiger partial charge in [-0.25, -0.2) is 8.78 Å². The summed E-state index contributed by atoms with van der Waals surface area (Å²) in [5.41, 5.74) is -13.8. The Morgan fingerprint density at radius 1 is 0.500 bits per heavy atom. The Morgan fingerprint density at radius 2 is 0.794 bits per heavy atom. The van der Waals surface area contributed by atoms with E-state index in [9.17, 15) is 61.5 Å². The lowest BCUT2D eigenvalue weighted by Gasteiger charge is -2.21. The number of halogens is 14. The van der Waals surface area contributed by atoms with Gasteiger partial charge in [0.2, 0.25) is 0 Å². The molecule has 0 saturated heterocycles. The molecule has 2 rings (SSSR count). The van der Waals surface area contributed by atoms with E-state index < -0.39 is 81.9 Å². The van der Waals surface area contributed by atoms with Gasteiger partial charge in [-0.3, -0.25) is 0 Å². The van der Waals surface area contributed by atoms with Gasteiger partial charge in [0.05, 0.1) is 34.9 Å². The van der Waals surface area contributed by atoms with E-state index >= 15 is 0 Å². The minimum atomic E-state index is -5.56. The number of rotatable bonds is 3. The van der Waals surface area contributed by atoms with Gasteiger partial charge in [-0.1, -0.05) is 24.3 Å². The Labute approximate surface area is 180 Å². The molecule has 0 amide bonds. The normalized spacial score (nSPS) is 14.5. The van der Waals surface area contributed by atoms with Crippen molar-refractivity contribution in [2.24, 2.45) is 0 Å². The van der Waals surface area contributed by atoms with Crippen molar-refractivity contribution >= 4 is 11.1 Å². The zero-order valence-corrected chi connectivity index (χ0v) is 15.9. The molecule has 0 unspecified atom stereocenters. The molecule has 2 aromatic rings. The zero-order chi connectivity index (χ0) is 26.3. The number of hydrogen-bond acceptors (Lipinski definition) is 0. The van der Waals surface area contributed by atoms with E-state index in [2.05, 4.69) is 0 Å². The van der Waals surface area contributed by atoms with Gasteiger partial charge in [-0.2, -0.15) is 52.7 Å². The third-order valence-electron chi connectivity index (χ3n) is 4.39. The van der Waals surface area contributed by atoms with Crippen LogP contribution in [0.1, 0.15) is 22.3 Å². The molecule has 34 heavy (non-hydrogen) atoms. The Morgan fingerprint density at radius 3 is 1.00 bits per heavy atom. The lowest BCUT2D eigenvalue weighted by Crippen LogP contribution is -2.15. The van der Waals surface area contributed by atoms with Crippen molar-refractivity contribution in [3.05, 3.63) is 71.3 Å². The van der Waals surface area contributed by atoms with Crippen molar-refractivity contribution in [1.29, 1.82) is 0 Å². The fourth-order valence-electron chi connectivity index (χ4n) is 2.94. The molecule has 0 aromatic heterocycles. The van der Waals surface area contributed by atoms with E-state index in [-0.39, 0.29) is 36.4 Å². The van der Waals surface area contributed by atoms with E-state index in [0.29, 0.717) is 0 Å². The summed E-state index contributed by atoms with van der Waals surface area (Å²) in [6.07, 6.45) is -24.1. The topological polar surface area (TPSA) is 0 Å². The molecule has 0 fully saturated rings. The Hall–Kier alpha value is -3.06. The van der Waals surface area contributed by atoms with Gasteiger partial charge in [-0.15, -0.1) is 0 Å². The van der Waals surface area contributed by atoms with Crippen LogP contribution in [-0.4, -0.2) is 12.4 Å². The summed E-state index contributed by atoms with van der Waals surface area (Å²) in [6, 6.07) is 0.413. The molecule has 0 saturated carbocycles. The highest BCUT2D eigenvalue weighted by atomic mass is 19.4. The van der Waals surface area contributed by atoms with E-state index in [1.54, 1.807) is 0 Å². The first kappa shape index (κ1) is 27.2. The highest BCUT2D eigenvalue weighted by molar-refractivity contribution is 5.79. The van der Waals surface area contributed by atoms with Crippen molar-refractivity contribution in [2.75, 3.05) is 0 Å². The Bertz CT molecular complexity index is 1020. The van der Waals surface area contributed by atoms with Gasteiger partial charge in [0, 0.05) is 0 Å². The second kappa shape index (κ2) is 8.95. The minimum absolute atomic E-state index is 0.188. The molecule has 0 aliphatic heterocycles. The van der Waals surface area contributed by atoms with Gasteiger partial charge >= 0.3 is 24.7 Å². The number of hydrogen-bond donors (Lipinski definition) is 0. The largest absolute Gasteiger partial charge is 0.419 e. The highest BCUT2D eigenvalue weighted by Crippen LogP contribution is 2.46. The van der Waals surface area contributed by atoms with Gasteiger partial charge in [0.25, 0.3) is 0 Å². The molecule has 186 valence electrons. The summed E-state index contributed by atoms with van der Waals surface area (Å²) in [4.78, 5) is 0. The van der Waals surface area contributed by atoms with Gasteiger partial charge in [0.15, 0.2) is 0 Å². The molecular weight excluding hydrogens is 506 g/mol. The first-order chi connectivity index (χ1) is 15.3. The molecule has 0 atom stereocenters. The summed E-state index contributed by atoms with van der Waals surface area (Å²) in [6.45, 7) is 0. The Balaban J connectivity index is 2.87. The van der Waals surface area contributed by atoms with Crippen LogP contribution in [0.2, 0.25) is 0 Å². The minimum Gasteiger partial charge on any atom is -0.215 e. The quantitative estimate of drug-likeness (QED) is 0.359. The van der Waals surface area contributed by atoms with Crippen LogP contribution >= 0.6 is 0 Å². The van der Waals surface area contributed by atoms with Crippen LogP contribution in [0.15, 0.2) is 49.1 Å². The standard InChI is InChI=1S/C20H8F14/c21-7-15(19(29,30)31)9-1-3-11(13(5-9)17(23,24)25)12-4-2-10(6-14(12)18(26,27)28)16(8-22)20(32,33)34/h1-8H. The monoisotopic (exact) mass is 514 g/mol. The summed E-state index contributed by atoms with van der Waals surface area (Å²) in [5, 5.41) is 0. The van der Waals surface area contributed by atoms with Gasteiger partial charge in [0.1, 0.15) is 0 Å². The average molecular weight is 514 g/mol. The van der Waals surface area contributed by atoms with E-state index in [1.165, 1.54) is 0 Å². The van der Waals surface area contributed by atoms with Crippen LogP contribution in [0.25, 0.3) is 22.3 Å². The average Bonchev–Trinajstić information content (AvgIpc) is 2.65. The summed E-state index contributed by atoms with van der Waals surface area (Å²) in [5.74, 6) is 0. The summed E-state index contributed by atoms with van der Waals surface area (Å²) in [7, 11) is 0. The van der Waals surface area contributed by atoms with Crippen LogP contribution in [0.3, 0.4) is 0 Å². The first-order valence-electron chi connectivity index (χ1n) is 8.51. The van der Waals surface area contributed by atoms with E-state index in [0.717, 1.165) is 0 Å². The Kier molecular flexibility index (Phi) is 7.15. The second-order valence-electron chi connectivity index (χ2n) is 6.56. The maximum atomic E-state index is 13.5. The van der Waals surface area contributed by atoms with Crippen LogP contribution in [0, 0.1) is 0 Å². The number of benzene rings is 2. The molecule has 0 heterocycles. The van der Waals surface area contributed by atoms with Crippen LogP contribution in [-0.2, 0) is 12.4 Å². The summed E-state index contributed by atoms with van der Waals surface area (Å²) >= 11 is 0. The fraction of sp³-hybridized carbons (Fsp3) is 0.200. The number of allylic oxidation sites excluding steroid dienone is 2. The van der Waals surface area contributed by atoms with Crippen LogP contribution in [0.5, 0.6) is 0 Å². The van der Waals surface area contributed by atoms with Gasteiger partial charge < -0.3 is 0 Å². The molecule has 0 aliphatic rings. The maximum absolute atomic E-state index is 13.5. The molecule has 14 heteroatoms. The maximum Gasteiger partial charge on any atom is 0.419 e.